The van der Waals surface area contributed by atoms with Gasteiger partial charge in [-0.2, -0.15) is 0 Å². The van der Waals surface area contributed by atoms with Gasteiger partial charge in [0.2, 0.25) is 5.89 Å². The number of ether oxygens (including phenoxy) is 1. The van der Waals surface area contributed by atoms with Crippen molar-refractivity contribution in [2.75, 3.05) is 0 Å². The van der Waals surface area contributed by atoms with E-state index in [1.54, 1.807) is 18.2 Å². The summed E-state index contributed by atoms with van der Waals surface area (Å²) in [4.78, 5) is 27.8. The van der Waals surface area contributed by atoms with Crippen LogP contribution in [0.4, 0.5) is 18.0 Å². The Morgan fingerprint density at radius 3 is 2.29 bits per heavy atom. The van der Waals surface area contributed by atoms with Gasteiger partial charge in [-0.25, -0.2) is 27.7 Å². The maximum absolute atomic E-state index is 13.5. The van der Waals surface area contributed by atoms with Crippen molar-refractivity contribution in [1.29, 1.82) is 0 Å². The number of rotatable bonds is 7. The number of carboxylic acid groups (broad SMARTS) is 1. The summed E-state index contributed by atoms with van der Waals surface area (Å²) in [6.45, 7) is -0.193. The highest BCUT2D eigenvalue weighted by Crippen LogP contribution is 2.26. The number of aliphatic carboxylic acids is 1. The smallest absolute Gasteiger partial charge is 0.408 e. The van der Waals surface area contributed by atoms with Crippen LogP contribution in [-0.4, -0.2) is 28.2 Å². The molecule has 0 aliphatic carbocycles. The molecule has 34 heavy (non-hydrogen) atoms. The van der Waals surface area contributed by atoms with Crippen LogP contribution >= 0.6 is 0 Å². The van der Waals surface area contributed by atoms with Crippen LogP contribution in [0.1, 0.15) is 11.1 Å². The Kier molecular flexibility index (Phi) is 6.48. The average Bonchev–Trinajstić information content (AvgIpc) is 3.21. The number of nitrogens with zero attached hydrogens (tertiary/aromatic N) is 1. The fourth-order valence-corrected chi connectivity index (χ4v) is 3.25. The number of benzene rings is 3. The molecule has 4 rings (SSSR count). The van der Waals surface area contributed by atoms with Gasteiger partial charge in [0.25, 0.3) is 0 Å². The lowest BCUT2D eigenvalue weighted by atomic mass is 10.1. The van der Waals surface area contributed by atoms with Crippen LogP contribution in [0, 0.1) is 17.5 Å². The third kappa shape index (κ3) is 5.52. The number of alkyl carbamates (subject to hydrolysis) is 1. The first-order valence-corrected chi connectivity index (χ1v) is 10.0. The summed E-state index contributed by atoms with van der Waals surface area (Å²) in [6.07, 6.45) is -1.01. The Morgan fingerprint density at radius 2 is 1.62 bits per heavy atom. The summed E-state index contributed by atoms with van der Waals surface area (Å²) in [5.74, 6) is -3.24. The van der Waals surface area contributed by atoms with E-state index in [0.29, 0.717) is 22.2 Å². The lowest BCUT2D eigenvalue weighted by Crippen LogP contribution is -2.42. The van der Waals surface area contributed by atoms with Crippen molar-refractivity contribution in [3.63, 3.8) is 0 Å². The molecule has 2 N–H and O–H groups in total. The number of carbonyl (C=O) groups excluding carboxylic acids is 1. The number of oxazole rings is 1. The monoisotopic (exact) mass is 470 g/mol. The SMILES string of the molecule is O=C(NC(Cc1ccc(F)cc1)C(=O)O)OCc1ccc2oc(-c3cc(F)cc(F)c3)nc2c1. The molecule has 10 heteroatoms. The number of hydrogen-bond donors (Lipinski definition) is 2. The van der Waals surface area contributed by atoms with Gasteiger partial charge in [-0.1, -0.05) is 18.2 Å². The zero-order valence-corrected chi connectivity index (χ0v) is 17.4. The third-order valence-corrected chi connectivity index (χ3v) is 4.87. The van der Waals surface area contributed by atoms with Crippen molar-refractivity contribution in [2.24, 2.45) is 0 Å². The fourth-order valence-electron chi connectivity index (χ4n) is 3.25. The number of amides is 1. The van der Waals surface area contributed by atoms with E-state index in [4.69, 9.17) is 9.15 Å². The van der Waals surface area contributed by atoms with Crippen LogP contribution in [0.15, 0.2) is 65.1 Å². The van der Waals surface area contributed by atoms with E-state index < -0.39 is 35.6 Å². The molecule has 1 unspecified atom stereocenters. The zero-order chi connectivity index (χ0) is 24.2. The van der Waals surface area contributed by atoms with Crippen molar-refractivity contribution in [1.82, 2.24) is 10.3 Å². The van der Waals surface area contributed by atoms with Gasteiger partial charge in [0.15, 0.2) is 5.58 Å². The molecular formula is C24H17F3N2O5. The predicted molar refractivity (Wildman–Crippen MR) is 114 cm³/mol. The summed E-state index contributed by atoms with van der Waals surface area (Å²) < 4.78 is 50.6. The van der Waals surface area contributed by atoms with Gasteiger partial charge in [-0.3, -0.25) is 0 Å². The topological polar surface area (TPSA) is 102 Å². The maximum atomic E-state index is 13.5. The second kappa shape index (κ2) is 9.65. The van der Waals surface area contributed by atoms with Gasteiger partial charge < -0.3 is 19.6 Å². The molecule has 0 saturated carbocycles. The minimum absolute atomic E-state index is 0.0225. The largest absolute Gasteiger partial charge is 0.480 e. The summed E-state index contributed by atoms with van der Waals surface area (Å²) >= 11 is 0. The first-order chi connectivity index (χ1) is 16.3. The number of carbonyl (C=O) groups is 2. The molecule has 0 fully saturated rings. The van der Waals surface area contributed by atoms with Gasteiger partial charge in [0.05, 0.1) is 0 Å². The van der Waals surface area contributed by atoms with Crippen molar-refractivity contribution >= 4 is 23.2 Å². The predicted octanol–water partition coefficient (Wildman–Crippen LogP) is 4.83. The summed E-state index contributed by atoms with van der Waals surface area (Å²) in [5, 5.41) is 11.6. The molecule has 1 amide bonds. The quantitative estimate of drug-likeness (QED) is 0.401. The molecule has 7 nitrogen and oxygen atoms in total. The molecule has 0 aliphatic heterocycles. The van der Waals surface area contributed by atoms with E-state index in [9.17, 15) is 27.9 Å². The van der Waals surface area contributed by atoms with Gasteiger partial charge in [-0.15, -0.1) is 0 Å². The van der Waals surface area contributed by atoms with Gasteiger partial charge >= 0.3 is 12.1 Å². The summed E-state index contributed by atoms with van der Waals surface area (Å²) in [6, 6.07) is 11.6. The van der Waals surface area contributed by atoms with Crippen LogP contribution in [0.3, 0.4) is 0 Å². The molecule has 0 aliphatic rings. The highest BCUT2D eigenvalue weighted by Gasteiger charge is 2.21. The fraction of sp³-hybridized carbons (Fsp3) is 0.125. The number of nitrogens with one attached hydrogen (secondary N) is 1. The number of fused-ring (bicyclic) bond motifs is 1. The molecule has 0 spiro atoms. The normalized spacial score (nSPS) is 11.9. The van der Waals surface area contributed by atoms with E-state index in [-0.39, 0.29) is 24.5 Å². The molecule has 0 saturated heterocycles. The highest BCUT2D eigenvalue weighted by molar-refractivity contribution is 5.80. The van der Waals surface area contributed by atoms with E-state index >= 15 is 0 Å². The first kappa shape index (κ1) is 22.8. The van der Waals surface area contributed by atoms with Crippen molar-refractivity contribution < 1.29 is 37.0 Å². The maximum Gasteiger partial charge on any atom is 0.408 e. The lowest BCUT2D eigenvalue weighted by molar-refractivity contribution is -0.139. The second-order valence-electron chi connectivity index (χ2n) is 7.42. The number of carboxylic acids is 1. The Bertz CT molecular complexity index is 1330. The van der Waals surface area contributed by atoms with Crippen molar-refractivity contribution in [3.8, 4) is 11.5 Å². The summed E-state index contributed by atoms with van der Waals surface area (Å²) in [5.41, 5.74) is 1.92. The van der Waals surface area contributed by atoms with Crippen LogP contribution in [-0.2, 0) is 22.6 Å². The minimum atomic E-state index is -1.27. The third-order valence-electron chi connectivity index (χ3n) is 4.87. The second-order valence-corrected chi connectivity index (χ2v) is 7.42. The molecule has 174 valence electrons. The van der Waals surface area contributed by atoms with E-state index in [1.807, 2.05) is 0 Å². The standard InChI is InChI=1S/C24H17F3N2O5/c25-16-4-1-13(2-5-16)7-20(23(30)31)29-24(32)33-12-14-3-6-21-19(8-14)28-22(34-21)15-9-17(26)11-18(27)10-15/h1-6,8-11,20H,7,12H2,(H,29,32)(H,30,31). The molecule has 4 aromatic rings. The molecule has 0 bridgehead atoms. The van der Waals surface area contributed by atoms with Crippen molar-refractivity contribution in [3.05, 3.63) is 89.2 Å². The number of aromatic nitrogens is 1. The van der Waals surface area contributed by atoms with Gasteiger partial charge in [0, 0.05) is 18.1 Å². The molecule has 3 aromatic carbocycles. The van der Waals surface area contributed by atoms with E-state index in [0.717, 1.165) is 18.2 Å². The minimum Gasteiger partial charge on any atom is -0.480 e. The van der Waals surface area contributed by atoms with E-state index in [2.05, 4.69) is 10.3 Å². The first-order valence-electron chi connectivity index (χ1n) is 10.0. The summed E-state index contributed by atoms with van der Waals surface area (Å²) in [7, 11) is 0. The molecule has 0 radical (unpaired) electrons. The molecule has 1 heterocycles. The Balaban J connectivity index is 1.40. The Morgan fingerprint density at radius 1 is 0.941 bits per heavy atom. The molecular weight excluding hydrogens is 453 g/mol. The number of hydrogen-bond acceptors (Lipinski definition) is 5. The van der Waals surface area contributed by atoms with Crippen molar-refractivity contribution in [2.45, 2.75) is 19.1 Å². The van der Waals surface area contributed by atoms with Gasteiger partial charge in [-0.05, 0) is 47.5 Å². The average molecular weight is 470 g/mol. The molecule has 1 aromatic heterocycles. The van der Waals surface area contributed by atoms with Crippen LogP contribution in [0.2, 0.25) is 0 Å². The number of halogens is 3. The van der Waals surface area contributed by atoms with E-state index in [1.165, 1.54) is 24.3 Å². The van der Waals surface area contributed by atoms with Crippen LogP contribution in [0.5, 0.6) is 0 Å². The highest BCUT2D eigenvalue weighted by atomic mass is 19.1. The Labute approximate surface area is 190 Å². The Hall–Kier alpha value is -4.34. The zero-order valence-electron chi connectivity index (χ0n) is 17.4. The lowest BCUT2D eigenvalue weighted by Gasteiger charge is -2.14. The van der Waals surface area contributed by atoms with Gasteiger partial charge in [0.1, 0.15) is 35.6 Å². The van der Waals surface area contributed by atoms with Crippen LogP contribution < -0.4 is 5.32 Å². The van der Waals surface area contributed by atoms with Crippen LogP contribution in [0.25, 0.3) is 22.6 Å². The molecule has 1 atom stereocenters.